The van der Waals surface area contributed by atoms with Crippen LogP contribution < -0.4 is 4.80 Å². The lowest BCUT2D eigenvalue weighted by atomic mass is 10.1. The van der Waals surface area contributed by atoms with Gasteiger partial charge in [0.15, 0.2) is 4.80 Å². The minimum absolute atomic E-state index is 0.138. The predicted molar refractivity (Wildman–Crippen MR) is 136 cm³/mol. The number of nitrogens with zero attached hydrogens (tertiary/aromatic N) is 3. The first-order valence-corrected chi connectivity index (χ1v) is 13.3. The number of benzene rings is 3. The van der Waals surface area contributed by atoms with Gasteiger partial charge in [-0.25, -0.2) is 8.42 Å². The third kappa shape index (κ3) is 4.61. The van der Waals surface area contributed by atoms with E-state index in [-0.39, 0.29) is 11.4 Å². The number of carbonyl (C=O) groups excluding carboxylic acids is 1. The van der Waals surface area contributed by atoms with Crippen molar-refractivity contribution < 1.29 is 13.2 Å². The average molecular weight is 494 g/mol. The molecule has 0 aliphatic heterocycles. The molecule has 1 amide bonds. The van der Waals surface area contributed by atoms with Gasteiger partial charge in [0.1, 0.15) is 0 Å². The van der Waals surface area contributed by atoms with Gasteiger partial charge in [0.25, 0.3) is 5.91 Å². The summed E-state index contributed by atoms with van der Waals surface area (Å²) in [6, 6.07) is 19.5. The second-order valence-electron chi connectivity index (χ2n) is 8.19. The summed E-state index contributed by atoms with van der Waals surface area (Å²) in [5.41, 5.74) is 4.63. The number of carbonyl (C=O) groups is 1. The maximum atomic E-state index is 13.0. The summed E-state index contributed by atoms with van der Waals surface area (Å²) in [6.45, 7) is 7.10. The molecule has 6 nitrogen and oxygen atoms in total. The minimum atomic E-state index is -3.69. The number of hydrogen-bond acceptors (Lipinski definition) is 4. The summed E-state index contributed by atoms with van der Waals surface area (Å²) in [5.74, 6) is -0.398. The van der Waals surface area contributed by atoms with Crippen LogP contribution in [0.3, 0.4) is 0 Å². The van der Waals surface area contributed by atoms with Crippen LogP contribution in [0.5, 0.6) is 0 Å². The highest BCUT2D eigenvalue weighted by molar-refractivity contribution is 7.89. The van der Waals surface area contributed by atoms with Crippen LogP contribution in [0.4, 0.5) is 0 Å². The summed E-state index contributed by atoms with van der Waals surface area (Å²) in [7, 11) is -2.14. The molecule has 0 fully saturated rings. The second kappa shape index (κ2) is 9.66. The average Bonchev–Trinajstić information content (AvgIpc) is 3.21. The quantitative estimate of drug-likeness (QED) is 0.383. The molecule has 4 aromatic rings. The molecule has 0 spiro atoms. The Hall–Kier alpha value is -3.07. The van der Waals surface area contributed by atoms with Crippen molar-refractivity contribution in [1.82, 2.24) is 8.87 Å². The number of fused-ring (bicyclic) bond motifs is 1. The van der Waals surface area contributed by atoms with E-state index in [1.807, 2.05) is 37.3 Å². The summed E-state index contributed by atoms with van der Waals surface area (Å²) in [5, 5.41) is 0. The van der Waals surface area contributed by atoms with Crippen LogP contribution in [-0.4, -0.2) is 30.2 Å². The lowest BCUT2D eigenvalue weighted by Gasteiger charge is -2.17. The number of amides is 1. The first kappa shape index (κ1) is 24.1. The fourth-order valence-corrected chi connectivity index (χ4v) is 6.28. The maximum absolute atomic E-state index is 13.0. The molecule has 1 heterocycles. The van der Waals surface area contributed by atoms with Crippen LogP contribution in [0.2, 0.25) is 0 Å². The Balaban J connectivity index is 1.62. The van der Waals surface area contributed by atoms with E-state index in [4.69, 9.17) is 0 Å². The maximum Gasteiger partial charge on any atom is 0.279 e. The molecule has 0 aliphatic carbocycles. The van der Waals surface area contributed by atoms with E-state index in [0.717, 1.165) is 26.9 Å². The molecule has 0 bridgehead atoms. The molecule has 0 radical (unpaired) electrons. The van der Waals surface area contributed by atoms with E-state index in [2.05, 4.69) is 35.5 Å². The number of rotatable bonds is 6. The molecule has 3 aromatic carbocycles. The Morgan fingerprint density at radius 2 is 1.62 bits per heavy atom. The molecule has 0 N–H and O–H groups in total. The summed E-state index contributed by atoms with van der Waals surface area (Å²) < 4.78 is 30.4. The van der Waals surface area contributed by atoms with E-state index in [0.29, 0.717) is 16.9 Å². The zero-order chi connectivity index (χ0) is 24.5. The molecular formula is C26H27N3O3S2. The SMILES string of the molecule is CCn1c(=NC(=O)c2ccc(S(=O)(=O)N(C)Cc3ccccc3)cc2)sc2c(C)ccc(C)c21. The van der Waals surface area contributed by atoms with Crippen molar-refractivity contribution in [3.63, 3.8) is 0 Å². The monoisotopic (exact) mass is 493 g/mol. The largest absolute Gasteiger partial charge is 0.316 e. The van der Waals surface area contributed by atoms with Crippen LogP contribution in [-0.2, 0) is 23.1 Å². The van der Waals surface area contributed by atoms with Crippen LogP contribution in [0.25, 0.3) is 10.2 Å². The van der Waals surface area contributed by atoms with E-state index >= 15 is 0 Å². The molecule has 0 aliphatic rings. The molecule has 4 rings (SSSR count). The van der Waals surface area contributed by atoms with Crippen LogP contribution in [0.1, 0.15) is 34.0 Å². The molecule has 0 saturated heterocycles. The highest BCUT2D eigenvalue weighted by Crippen LogP contribution is 2.25. The standard InChI is InChI=1S/C26H27N3O3S2/c1-5-29-23-18(2)11-12-19(3)24(23)33-26(29)27-25(30)21-13-15-22(16-14-21)34(31,32)28(4)17-20-9-7-6-8-10-20/h6-16H,5,17H2,1-4H3. The zero-order valence-electron chi connectivity index (χ0n) is 19.6. The minimum Gasteiger partial charge on any atom is -0.316 e. The van der Waals surface area contributed by atoms with Crippen molar-refractivity contribution in [2.24, 2.45) is 4.99 Å². The first-order chi connectivity index (χ1) is 16.2. The third-order valence-electron chi connectivity index (χ3n) is 5.80. The van der Waals surface area contributed by atoms with Gasteiger partial charge in [-0.1, -0.05) is 53.8 Å². The molecular weight excluding hydrogens is 466 g/mol. The highest BCUT2D eigenvalue weighted by atomic mass is 32.2. The van der Waals surface area contributed by atoms with Gasteiger partial charge >= 0.3 is 0 Å². The summed E-state index contributed by atoms with van der Waals surface area (Å²) >= 11 is 1.50. The molecule has 1 aromatic heterocycles. The Kier molecular flexibility index (Phi) is 6.84. The Morgan fingerprint density at radius 1 is 0.971 bits per heavy atom. The Morgan fingerprint density at radius 3 is 2.26 bits per heavy atom. The van der Waals surface area contributed by atoms with Crippen molar-refractivity contribution in [1.29, 1.82) is 0 Å². The van der Waals surface area contributed by atoms with Gasteiger partial charge in [0, 0.05) is 25.7 Å². The van der Waals surface area contributed by atoms with Gasteiger partial charge in [-0.2, -0.15) is 9.30 Å². The van der Waals surface area contributed by atoms with Gasteiger partial charge < -0.3 is 4.57 Å². The fraction of sp³-hybridized carbons (Fsp3) is 0.231. The number of sulfonamides is 1. The van der Waals surface area contributed by atoms with E-state index in [9.17, 15) is 13.2 Å². The number of aromatic nitrogens is 1. The lowest BCUT2D eigenvalue weighted by Crippen LogP contribution is -2.26. The number of aryl methyl sites for hydroxylation is 3. The zero-order valence-corrected chi connectivity index (χ0v) is 21.3. The Bertz CT molecular complexity index is 1520. The van der Waals surface area contributed by atoms with Gasteiger partial charge in [-0.15, -0.1) is 0 Å². The predicted octanol–water partition coefficient (Wildman–Crippen LogP) is 4.90. The molecule has 0 atom stereocenters. The fourth-order valence-electron chi connectivity index (χ4n) is 3.88. The normalized spacial score (nSPS) is 12.6. The highest BCUT2D eigenvalue weighted by Gasteiger charge is 2.21. The first-order valence-electron chi connectivity index (χ1n) is 11.0. The number of hydrogen-bond donors (Lipinski definition) is 0. The van der Waals surface area contributed by atoms with Gasteiger partial charge in [-0.3, -0.25) is 4.79 Å². The van der Waals surface area contributed by atoms with Crippen LogP contribution in [0.15, 0.2) is 76.6 Å². The lowest BCUT2D eigenvalue weighted by molar-refractivity contribution is 0.0997. The van der Waals surface area contributed by atoms with Crippen LogP contribution in [0, 0.1) is 13.8 Å². The van der Waals surface area contributed by atoms with Crippen molar-refractivity contribution in [3.05, 3.63) is 93.8 Å². The number of thiazole rings is 1. The van der Waals surface area contributed by atoms with Crippen molar-refractivity contribution >= 4 is 37.5 Å². The molecule has 8 heteroatoms. The van der Waals surface area contributed by atoms with Gasteiger partial charge in [0.2, 0.25) is 10.0 Å². The molecule has 0 unspecified atom stereocenters. The summed E-state index contributed by atoms with van der Waals surface area (Å²) in [4.78, 5) is 18.1. The van der Waals surface area contributed by atoms with E-state index in [1.165, 1.54) is 39.9 Å². The molecule has 34 heavy (non-hydrogen) atoms. The van der Waals surface area contributed by atoms with E-state index in [1.54, 1.807) is 7.05 Å². The van der Waals surface area contributed by atoms with Crippen LogP contribution >= 0.6 is 11.3 Å². The van der Waals surface area contributed by atoms with Gasteiger partial charge in [-0.05, 0) is 61.7 Å². The van der Waals surface area contributed by atoms with E-state index < -0.39 is 15.9 Å². The third-order valence-corrected chi connectivity index (χ3v) is 8.83. The Labute approximate surface area is 203 Å². The second-order valence-corrected chi connectivity index (χ2v) is 11.2. The summed E-state index contributed by atoms with van der Waals surface area (Å²) in [6.07, 6.45) is 0. The smallest absolute Gasteiger partial charge is 0.279 e. The molecule has 176 valence electrons. The van der Waals surface area contributed by atoms with Gasteiger partial charge in [0.05, 0.1) is 15.1 Å². The van der Waals surface area contributed by atoms with Crippen molar-refractivity contribution in [3.8, 4) is 0 Å². The molecule has 0 saturated carbocycles. The van der Waals surface area contributed by atoms with Crippen molar-refractivity contribution in [2.75, 3.05) is 7.05 Å². The van der Waals surface area contributed by atoms with Crippen molar-refractivity contribution in [2.45, 2.75) is 38.8 Å². The topological polar surface area (TPSA) is 71.7 Å².